The summed E-state index contributed by atoms with van der Waals surface area (Å²) in [5, 5.41) is 8.01. The maximum atomic E-state index is 13.8. The Labute approximate surface area is 169 Å². The highest BCUT2D eigenvalue weighted by atomic mass is 35.5. The van der Waals surface area contributed by atoms with Gasteiger partial charge in [-0.25, -0.2) is 4.68 Å². The van der Waals surface area contributed by atoms with Gasteiger partial charge in [-0.1, -0.05) is 37.6 Å². The van der Waals surface area contributed by atoms with Gasteiger partial charge in [0, 0.05) is 18.5 Å². The summed E-state index contributed by atoms with van der Waals surface area (Å²) in [5.74, 6) is 0.560. The highest BCUT2D eigenvalue weighted by Crippen LogP contribution is 2.54. The van der Waals surface area contributed by atoms with Gasteiger partial charge in [-0.05, 0) is 38.3 Å². The Hall–Kier alpha value is -2.34. The number of carbonyl (C=O) groups is 2. The van der Waals surface area contributed by atoms with Gasteiger partial charge in [0.15, 0.2) is 0 Å². The SMILES string of the molecule is CC(C)CN1C(=O)[C@]2(CC(=O)Nc3c2cnn3C(C)(C)C)c2cccc(Cl)c21. The van der Waals surface area contributed by atoms with Gasteiger partial charge in [-0.3, -0.25) is 9.59 Å². The van der Waals surface area contributed by atoms with E-state index in [-0.39, 0.29) is 29.7 Å². The van der Waals surface area contributed by atoms with Gasteiger partial charge in [-0.15, -0.1) is 0 Å². The highest BCUT2D eigenvalue weighted by Gasteiger charge is 2.57. The predicted molar refractivity (Wildman–Crippen MR) is 110 cm³/mol. The number of anilines is 2. The van der Waals surface area contributed by atoms with Gasteiger partial charge < -0.3 is 10.2 Å². The van der Waals surface area contributed by atoms with Crippen molar-refractivity contribution in [1.82, 2.24) is 9.78 Å². The van der Waals surface area contributed by atoms with E-state index in [1.165, 1.54) is 0 Å². The fourth-order valence-electron chi connectivity index (χ4n) is 4.35. The minimum absolute atomic E-state index is 0.0522. The average Bonchev–Trinajstić information content (AvgIpc) is 3.10. The predicted octanol–water partition coefficient (Wildman–Crippen LogP) is 3.92. The maximum Gasteiger partial charge on any atom is 0.242 e. The van der Waals surface area contributed by atoms with E-state index in [9.17, 15) is 9.59 Å². The second-order valence-corrected chi connectivity index (χ2v) is 9.47. The van der Waals surface area contributed by atoms with Crippen LogP contribution in [0.25, 0.3) is 0 Å². The molecule has 6 nitrogen and oxygen atoms in total. The summed E-state index contributed by atoms with van der Waals surface area (Å²) in [7, 11) is 0. The highest BCUT2D eigenvalue weighted by molar-refractivity contribution is 6.35. The lowest BCUT2D eigenvalue weighted by molar-refractivity contribution is -0.126. The van der Waals surface area contributed by atoms with Crippen LogP contribution < -0.4 is 10.2 Å². The molecule has 2 aromatic rings. The van der Waals surface area contributed by atoms with Crippen molar-refractivity contribution < 1.29 is 9.59 Å². The molecule has 2 amide bonds. The molecular formula is C21H25ClN4O2. The molecule has 0 fully saturated rings. The molecule has 1 aromatic heterocycles. The van der Waals surface area contributed by atoms with Gasteiger partial charge in [0.25, 0.3) is 0 Å². The molecule has 7 heteroatoms. The van der Waals surface area contributed by atoms with Crippen molar-refractivity contribution in [2.24, 2.45) is 5.92 Å². The lowest BCUT2D eigenvalue weighted by Gasteiger charge is -2.34. The average molecular weight is 401 g/mol. The van der Waals surface area contributed by atoms with E-state index in [1.54, 1.807) is 21.8 Å². The van der Waals surface area contributed by atoms with Crippen molar-refractivity contribution >= 4 is 34.9 Å². The van der Waals surface area contributed by atoms with Gasteiger partial charge in [-0.2, -0.15) is 5.10 Å². The Morgan fingerprint density at radius 2 is 1.96 bits per heavy atom. The summed E-state index contributed by atoms with van der Waals surface area (Å²) in [6.45, 7) is 10.7. The molecule has 0 radical (unpaired) electrons. The van der Waals surface area contributed by atoms with E-state index < -0.39 is 5.41 Å². The topological polar surface area (TPSA) is 67.2 Å². The molecule has 148 valence electrons. The minimum atomic E-state index is -1.09. The number of halogens is 1. The molecule has 1 aromatic carbocycles. The molecule has 0 unspecified atom stereocenters. The lowest BCUT2D eigenvalue weighted by atomic mass is 9.71. The van der Waals surface area contributed by atoms with E-state index in [0.717, 1.165) is 11.1 Å². The first-order valence-electron chi connectivity index (χ1n) is 9.57. The molecule has 0 bridgehead atoms. The summed E-state index contributed by atoms with van der Waals surface area (Å²) in [6.07, 6.45) is 1.78. The Morgan fingerprint density at radius 1 is 1.25 bits per heavy atom. The third-order valence-corrected chi connectivity index (χ3v) is 5.73. The lowest BCUT2D eigenvalue weighted by Crippen LogP contribution is -2.47. The molecule has 0 saturated heterocycles. The number of nitrogens with zero attached hydrogens (tertiary/aromatic N) is 3. The van der Waals surface area contributed by atoms with Gasteiger partial charge in [0.05, 0.1) is 22.4 Å². The molecule has 2 aliphatic rings. The Kier molecular flexibility index (Phi) is 4.12. The quantitative estimate of drug-likeness (QED) is 0.830. The van der Waals surface area contributed by atoms with E-state index in [2.05, 4.69) is 24.3 Å². The molecular weight excluding hydrogens is 376 g/mol. The molecule has 0 saturated carbocycles. The maximum absolute atomic E-state index is 13.8. The van der Waals surface area contributed by atoms with Gasteiger partial charge in [0.1, 0.15) is 11.2 Å². The molecule has 0 aliphatic carbocycles. The van der Waals surface area contributed by atoms with Crippen molar-refractivity contribution in [2.75, 3.05) is 16.8 Å². The van der Waals surface area contributed by atoms with Crippen LogP contribution in [0.2, 0.25) is 5.02 Å². The Bertz CT molecular complexity index is 989. The number of hydrogen-bond acceptors (Lipinski definition) is 3. The van der Waals surface area contributed by atoms with Crippen molar-refractivity contribution in [2.45, 2.75) is 52.0 Å². The Morgan fingerprint density at radius 3 is 2.61 bits per heavy atom. The zero-order chi connectivity index (χ0) is 20.4. The summed E-state index contributed by atoms with van der Waals surface area (Å²) in [4.78, 5) is 28.4. The van der Waals surface area contributed by atoms with Crippen molar-refractivity contribution in [1.29, 1.82) is 0 Å². The molecule has 1 atom stereocenters. The summed E-state index contributed by atoms with van der Waals surface area (Å²) < 4.78 is 1.78. The number of para-hydroxylation sites is 1. The van der Waals surface area contributed by atoms with Crippen LogP contribution in [-0.2, 0) is 20.5 Å². The molecule has 4 rings (SSSR count). The van der Waals surface area contributed by atoms with Crippen LogP contribution in [0.3, 0.4) is 0 Å². The molecule has 28 heavy (non-hydrogen) atoms. The van der Waals surface area contributed by atoms with Crippen LogP contribution in [0.15, 0.2) is 24.4 Å². The smallest absolute Gasteiger partial charge is 0.242 e. The molecule has 1 N–H and O–H groups in total. The Balaban J connectivity index is 2.01. The molecule has 2 aliphatic heterocycles. The van der Waals surface area contributed by atoms with Gasteiger partial charge >= 0.3 is 0 Å². The number of nitrogens with one attached hydrogen (secondary N) is 1. The fraction of sp³-hybridized carbons (Fsp3) is 0.476. The number of carbonyl (C=O) groups excluding carboxylic acids is 2. The van der Waals surface area contributed by atoms with Crippen LogP contribution in [0.1, 0.15) is 52.2 Å². The molecule has 3 heterocycles. The zero-order valence-electron chi connectivity index (χ0n) is 16.8. The number of fused-ring (bicyclic) bond motifs is 4. The van der Waals surface area contributed by atoms with Crippen LogP contribution in [0.4, 0.5) is 11.5 Å². The van der Waals surface area contributed by atoms with Gasteiger partial charge in [0.2, 0.25) is 11.8 Å². The van der Waals surface area contributed by atoms with E-state index >= 15 is 0 Å². The van der Waals surface area contributed by atoms with Crippen molar-refractivity contribution in [3.05, 3.63) is 40.5 Å². The summed E-state index contributed by atoms with van der Waals surface area (Å²) in [5.41, 5.74) is 0.815. The largest absolute Gasteiger partial charge is 0.311 e. The zero-order valence-corrected chi connectivity index (χ0v) is 17.6. The van der Waals surface area contributed by atoms with Crippen LogP contribution in [0, 0.1) is 5.92 Å². The number of rotatable bonds is 2. The first-order chi connectivity index (χ1) is 13.1. The minimum Gasteiger partial charge on any atom is -0.311 e. The first-order valence-corrected chi connectivity index (χ1v) is 9.95. The first kappa shape index (κ1) is 19.0. The number of hydrogen-bond donors (Lipinski definition) is 1. The second kappa shape index (κ2) is 6.08. The van der Waals surface area contributed by atoms with Crippen LogP contribution >= 0.6 is 11.6 Å². The monoisotopic (exact) mass is 400 g/mol. The normalized spacial score (nSPS) is 21.3. The van der Waals surface area contributed by atoms with Crippen molar-refractivity contribution in [3.8, 4) is 0 Å². The van der Waals surface area contributed by atoms with Crippen molar-refractivity contribution in [3.63, 3.8) is 0 Å². The standard InChI is InChI=1S/C21H25ClN4O2/c1-12(2)11-25-17-13(7-6-8-15(17)22)21(19(25)28)9-16(27)24-18-14(21)10-23-26(18)20(3,4)5/h6-8,10,12H,9,11H2,1-5H3,(H,24,27)/t21-/m1/s1. The third kappa shape index (κ3) is 2.50. The third-order valence-electron chi connectivity index (χ3n) is 5.42. The van der Waals surface area contributed by atoms with Crippen LogP contribution in [-0.4, -0.2) is 28.1 Å². The summed E-state index contributed by atoms with van der Waals surface area (Å²) >= 11 is 6.54. The van der Waals surface area contributed by atoms with Crippen LogP contribution in [0.5, 0.6) is 0 Å². The second-order valence-electron chi connectivity index (χ2n) is 9.07. The van der Waals surface area contributed by atoms with E-state index in [4.69, 9.17) is 11.6 Å². The number of benzene rings is 1. The van der Waals surface area contributed by atoms with E-state index in [1.807, 2.05) is 32.9 Å². The van der Waals surface area contributed by atoms with E-state index in [0.29, 0.717) is 23.1 Å². The molecule has 1 spiro atoms. The summed E-state index contributed by atoms with van der Waals surface area (Å²) in [6, 6.07) is 5.55. The number of amides is 2. The fourth-order valence-corrected chi connectivity index (χ4v) is 4.63. The number of aromatic nitrogens is 2.